The number of methoxy groups -OCH3 is 1. The average Bonchev–Trinajstić information content (AvgIpc) is 3.29. The Hall–Kier alpha value is -2.81. The highest BCUT2D eigenvalue weighted by atomic mass is 35.5. The number of fused-ring (bicyclic) bond motifs is 1. The molecule has 5 rings (SSSR count). The first-order valence-electron chi connectivity index (χ1n) is 11.1. The molecule has 34 heavy (non-hydrogen) atoms. The van der Waals surface area contributed by atoms with Crippen molar-refractivity contribution in [2.45, 2.75) is 16.7 Å². The Bertz CT molecular complexity index is 1260. The van der Waals surface area contributed by atoms with Gasteiger partial charge in [-0.15, -0.1) is 12.4 Å². The van der Waals surface area contributed by atoms with Crippen LogP contribution in [0.2, 0.25) is 0 Å². The number of likely N-dealkylation sites (N-methyl/N-ethyl adjacent to an activating group) is 1. The molecule has 0 aliphatic carbocycles. The molecule has 1 unspecified atom stereocenters. The maximum atomic E-state index is 13.6. The molecular formula is C25H29ClN4O3S. The summed E-state index contributed by atoms with van der Waals surface area (Å²) < 4.78 is 32.8. The van der Waals surface area contributed by atoms with Crippen molar-refractivity contribution in [3.8, 4) is 16.9 Å². The number of hydrogen-bond donors (Lipinski definition) is 1. The fourth-order valence-corrected chi connectivity index (χ4v) is 6.08. The molecule has 7 nitrogen and oxygen atoms in total. The topological polar surface area (TPSA) is 74.8 Å². The molecule has 180 valence electrons. The molecule has 1 saturated heterocycles. The summed E-state index contributed by atoms with van der Waals surface area (Å²) in [6.07, 6.45) is 3.98. The monoisotopic (exact) mass is 500 g/mol. The molecule has 0 saturated carbocycles. The summed E-state index contributed by atoms with van der Waals surface area (Å²) in [6.45, 7) is 3.53. The second-order valence-corrected chi connectivity index (χ2v) is 10.8. The van der Waals surface area contributed by atoms with Gasteiger partial charge in [-0.05, 0) is 60.1 Å². The molecule has 3 heterocycles. The van der Waals surface area contributed by atoms with Crippen molar-refractivity contribution < 1.29 is 13.2 Å². The molecule has 1 N–H and O–H groups in total. The van der Waals surface area contributed by atoms with Gasteiger partial charge in [-0.3, -0.25) is 4.98 Å². The first-order valence-corrected chi connectivity index (χ1v) is 12.7. The molecule has 1 atom stereocenters. The number of rotatable bonds is 5. The minimum absolute atomic E-state index is 0. The summed E-state index contributed by atoms with van der Waals surface area (Å²) in [4.78, 5) is 8.97. The van der Waals surface area contributed by atoms with Crippen LogP contribution in [0.3, 0.4) is 0 Å². The van der Waals surface area contributed by atoms with Crippen LogP contribution in [0.5, 0.6) is 5.75 Å². The van der Waals surface area contributed by atoms with Crippen LogP contribution in [0, 0.1) is 0 Å². The van der Waals surface area contributed by atoms with Crippen molar-refractivity contribution in [1.29, 1.82) is 0 Å². The van der Waals surface area contributed by atoms with E-state index in [1.165, 1.54) is 0 Å². The van der Waals surface area contributed by atoms with Gasteiger partial charge in [-0.25, -0.2) is 8.42 Å². The molecule has 0 bridgehead atoms. The van der Waals surface area contributed by atoms with Crippen LogP contribution in [-0.2, 0) is 16.3 Å². The lowest BCUT2D eigenvalue weighted by atomic mass is 10.0. The molecule has 9 heteroatoms. The summed E-state index contributed by atoms with van der Waals surface area (Å²) in [5, 5.41) is 2.53. The Morgan fingerprint density at radius 3 is 2.53 bits per heavy atom. The van der Waals surface area contributed by atoms with Crippen LogP contribution in [0.25, 0.3) is 11.1 Å². The lowest BCUT2D eigenvalue weighted by molar-refractivity contribution is 0.311. The van der Waals surface area contributed by atoms with Gasteiger partial charge < -0.3 is 19.9 Å². The second-order valence-electron chi connectivity index (χ2n) is 8.62. The third kappa shape index (κ3) is 4.58. The zero-order chi connectivity index (χ0) is 23.0. The van der Waals surface area contributed by atoms with Crippen LogP contribution >= 0.6 is 12.4 Å². The van der Waals surface area contributed by atoms with E-state index in [-0.39, 0.29) is 12.4 Å². The van der Waals surface area contributed by atoms with E-state index < -0.39 is 15.2 Å². The highest BCUT2D eigenvalue weighted by Gasteiger charge is 2.34. The van der Waals surface area contributed by atoms with E-state index in [4.69, 9.17) is 4.74 Å². The van der Waals surface area contributed by atoms with Gasteiger partial charge in [0, 0.05) is 50.7 Å². The number of anilines is 2. The quantitative estimate of drug-likeness (QED) is 0.572. The Morgan fingerprint density at radius 2 is 1.82 bits per heavy atom. The molecule has 2 aromatic carbocycles. The summed E-state index contributed by atoms with van der Waals surface area (Å²) in [6, 6.07) is 15.1. The Labute approximate surface area is 207 Å². The minimum Gasteiger partial charge on any atom is -0.495 e. The molecule has 2 aliphatic rings. The predicted molar refractivity (Wildman–Crippen MR) is 138 cm³/mol. The molecule has 2 aliphatic heterocycles. The molecule has 0 spiro atoms. The number of piperazine rings is 1. The fourth-order valence-electron chi connectivity index (χ4n) is 4.53. The maximum absolute atomic E-state index is 13.6. The molecule has 1 aromatic heterocycles. The first kappa shape index (κ1) is 24.3. The van der Waals surface area contributed by atoms with E-state index in [2.05, 4.69) is 33.2 Å². The van der Waals surface area contributed by atoms with Crippen LogP contribution in [0.4, 0.5) is 11.4 Å². The molecule has 1 fully saturated rings. The zero-order valence-electron chi connectivity index (χ0n) is 19.3. The van der Waals surface area contributed by atoms with Crippen molar-refractivity contribution >= 4 is 33.6 Å². The molecule has 0 radical (unpaired) electrons. The van der Waals surface area contributed by atoms with E-state index in [0.29, 0.717) is 17.1 Å². The number of sulfone groups is 1. The average molecular weight is 501 g/mol. The highest BCUT2D eigenvalue weighted by molar-refractivity contribution is 7.92. The Balaban J connectivity index is 0.00000274. The van der Waals surface area contributed by atoms with Crippen molar-refractivity contribution in [2.24, 2.45) is 0 Å². The van der Waals surface area contributed by atoms with Gasteiger partial charge in [-0.1, -0.05) is 12.1 Å². The number of pyridine rings is 1. The lowest BCUT2D eigenvalue weighted by Crippen LogP contribution is -2.44. The number of aromatic nitrogens is 1. The van der Waals surface area contributed by atoms with Crippen molar-refractivity contribution in [1.82, 2.24) is 9.88 Å². The fraction of sp³-hybridized carbons (Fsp3) is 0.320. The predicted octanol–water partition coefficient (Wildman–Crippen LogP) is 3.70. The number of halogens is 1. The van der Waals surface area contributed by atoms with Crippen LogP contribution in [-0.4, -0.2) is 64.0 Å². The van der Waals surface area contributed by atoms with Gasteiger partial charge in [0.1, 0.15) is 11.1 Å². The van der Waals surface area contributed by atoms with Gasteiger partial charge in [0.2, 0.25) is 0 Å². The van der Waals surface area contributed by atoms with Crippen molar-refractivity contribution in [2.75, 3.05) is 50.6 Å². The second kappa shape index (κ2) is 9.82. The van der Waals surface area contributed by atoms with Gasteiger partial charge in [0.05, 0.1) is 17.7 Å². The van der Waals surface area contributed by atoms with Crippen molar-refractivity contribution in [3.05, 3.63) is 66.5 Å². The largest absolute Gasteiger partial charge is 0.495 e. The number of ether oxygens (including phenoxy) is 1. The van der Waals surface area contributed by atoms with Gasteiger partial charge in [0.15, 0.2) is 9.84 Å². The highest BCUT2D eigenvalue weighted by Crippen LogP contribution is 2.37. The zero-order valence-corrected chi connectivity index (χ0v) is 20.9. The SMILES string of the molecule is COc1ccc(S(=O)(=O)C2Cc3cc(-c4cccnc4)ccc3N2)cc1N1CCN(C)CC1.Cl. The van der Waals surface area contributed by atoms with Crippen LogP contribution in [0.15, 0.2) is 65.8 Å². The maximum Gasteiger partial charge on any atom is 0.199 e. The van der Waals surface area contributed by atoms with Gasteiger partial charge in [0.25, 0.3) is 0 Å². The smallest absolute Gasteiger partial charge is 0.199 e. The number of hydrogen-bond acceptors (Lipinski definition) is 7. The minimum atomic E-state index is -3.60. The van der Waals surface area contributed by atoms with E-state index in [1.807, 2.05) is 30.5 Å². The lowest BCUT2D eigenvalue weighted by Gasteiger charge is -2.35. The molecule has 0 amide bonds. The van der Waals surface area contributed by atoms with E-state index in [9.17, 15) is 8.42 Å². The van der Waals surface area contributed by atoms with Crippen molar-refractivity contribution in [3.63, 3.8) is 0 Å². The summed E-state index contributed by atoms with van der Waals surface area (Å²) >= 11 is 0. The third-order valence-electron chi connectivity index (χ3n) is 6.52. The normalized spacial score (nSPS) is 18.1. The number of nitrogens with one attached hydrogen (secondary N) is 1. The third-order valence-corrected chi connectivity index (χ3v) is 8.46. The van der Waals surface area contributed by atoms with E-state index in [1.54, 1.807) is 31.5 Å². The summed E-state index contributed by atoms with van der Waals surface area (Å²) in [7, 11) is 0.122. The standard InChI is InChI=1S/C25H28N4O3S.ClH/c1-28-10-12-29(13-11-28)23-16-21(6-8-24(23)32-2)33(30,31)25-15-20-14-18(5-7-22(20)27-25)19-4-3-9-26-17-19;/h3-9,14,16-17,25,27H,10-13,15H2,1-2H3;1H. The van der Waals surface area contributed by atoms with Gasteiger partial charge in [-0.2, -0.15) is 0 Å². The van der Waals surface area contributed by atoms with Gasteiger partial charge >= 0.3 is 0 Å². The Morgan fingerprint density at radius 1 is 1.03 bits per heavy atom. The Kier molecular flexibility index (Phi) is 7.02. The van der Waals surface area contributed by atoms with Crippen LogP contribution in [0.1, 0.15) is 5.56 Å². The molecule has 3 aromatic rings. The number of nitrogens with zero attached hydrogens (tertiary/aromatic N) is 3. The number of benzene rings is 2. The summed E-state index contributed by atoms with van der Waals surface area (Å²) in [5.74, 6) is 0.697. The van der Waals surface area contributed by atoms with E-state index >= 15 is 0 Å². The van der Waals surface area contributed by atoms with E-state index in [0.717, 1.165) is 54.2 Å². The van der Waals surface area contributed by atoms with Crippen LogP contribution < -0.4 is 15.0 Å². The first-order chi connectivity index (χ1) is 16.0. The molecular weight excluding hydrogens is 472 g/mol. The summed E-state index contributed by atoms with van der Waals surface area (Å²) in [5.41, 5.74) is 4.74.